The largest absolute Gasteiger partial charge is 0.398 e. The van der Waals surface area contributed by atoms with E-state index < -0.39 is 10.0 Å². The van der Waals surface area contributed by atoms with Crippen LogP contribution >= 0.6 is 15.9 Å². The number of hydrogen-bond acceptors (Lipinski definition) is 3. The molecule has 0 unspecified atom stereocenters. The van der Waals surface area contributed by atoms with Gasteiger partial charge in [0.1, 0.15) is 0 Å². The molecule has 0 amide bonds. The predicted octanol–water partition coefficient (Wildman–Crippen LogP) is 2.75. The summed E-state index contributed by atoms with van der Waals surface area (Å²) in [4.78, 5) is 0.268. The Morgan fingerprint density at radius 3 is 2.35 bits per heavy atom. The van der Waals surface area contributed by atoms with Crippen LogP contribution in [0.15, 0.2) is 27.6 Å². The Bertz CT molecular complexity index is 598. The molecule has 1 aromatic rings. The van der Waals surface area contributed by atoms with Gasteiger partial charge in [-0.2, -0.15) is 0 Å². The molecule has 0 spiro atoms. The third-order valence-corrected chi connectivity index (χ3v) is 6.35. The number of sulfonamides is 1. The van der Waals surface area contributed by atoms with E-state index in [1.165, 1.54) is 25.7 Å². The standard InChI is InChI=1S/C14H19BrN2O2S/c15-13-7-11(5-6-14(13)16)20(18,19)17-8-12(9-1-2-9)10-3-4-10/h5-7,9-10,12,17H,1-4,8,16H2. The van der Waals surface area contributed by atoms with Crippen molar-refractivity contribution in [2.75, 3.05) is 12.3 Å². The Hall–Kier alpha value is -0.590. The van der Waals surface area contributed by atoms with Crippen molar-refractivity contribution in [1.29, 1.82) is 0 Å². The van der Waals surface area contributed by atoms with E-state index >= 15 is 0 Å². The van der Waals surface area contributed by atoms with Crippen molar-refractivity contribution in [3.05, 3.63) is 22.7 Å². The minimum Gasteiger partial charge on any atom is -0.398 e. The zero-order valence-corrected chi connectivity index (χ0v) is 13.6. The summed E-state index contributed by atoms with van der Waals surface area (Å²) in [7, 11) is -3.44. The van der Waals surface area contributed by atoms with E-state index in [0.29, 0.717) is 22.6 Å². The van der Waals surface area contributed by atoms with Crippen molar-refractivity contribution in [2.45, 2.75) is 30.6 Å². The second-order valence-electron chi connectivity index (χ2n) is 5.87. The van der Waals surface area contributed by atoms with Crippen LogP contribution in [-0.4, -0.2) is 15.0 Å². The summed E-state index contributed by atoms with van der Waals surface area (Å²) in [6.07, 6.45) is 5.04. The van der Waals surface area contributed by atoms with Crippen LogP contribution < -0.4 is 10.5 Å². The Morgan fingerprint density at radius 2 is 1.85 bits per heavy atom. The van der Waals surface area contributed by atoms with Crippen LogP contribution in [0.2, 0.25) is 0 Å². The Morgan fingerprint density at radius 1 is 1.25 bits per heavy atom. The van der Waals surface area contributed by atoms with Crippen LogP contribution in [-0.2, 0) is 10.0 Å². The summed E-state index contributed by atoms with van der Waals surface area (Å²) >= 11 is 3.27. The van der Waals surface area contributed by atoms with E-state index in [1.807, 2.05) is 0 Å². The number of hydrogen-bond donors (Lipinski definition) is 2. The lowest BCUT2D eigenvalue weighted by Gasteiger charge is -2.16. The molecule has 0 bridgehead atoms. The van der Waals surface area contributed by atoms with Crippen LogP contribution in [0.4, 0.5) is 5.69 Å². The maximum absolute atomic E-state index is 12.3. The lowest BCUT2D eigenvalue weighted by atomic mass is 9.99. The molecule has 2 saturated carbocycles. The lowest BCUT2D eigenvalue weighted by molar-refractivity contribution is 0.401. The Kier molecular flexibility index (Phi) is 3.81. The SMILES string of the molecule is Nc1ccc(S(=O)(=O)NCC(C2CC2)C2CC2)cc1Br. The average Bonchev–Trinajstić information content (AvgIpc) is 3.25. The summed E-state index contributed by atoms with van der Waals surface area (Å²) in [5.41, 5.74) is 6.23. The van der Waals surface area contributed by atoms with Crippen LogP contribution in [0, 0.1) is 17.8 Å². The minimum atomic E-state index is -3.44. The first-order valence-electron chi connectivity index (χ1n) is 7.02. The fourth-order valence-corrected chi connectivity index (χ4v) is 4.36. The summed E-state index contributed by atoms with van der Waals surface area (Å²) < 4.78 is 28.0. The molecule has 0 aliphatic heterocycles. The van der Waals surface area contributed by atoms with Crippen LogP contribution in [0.25, 0.3) is 0 Å². The van der Waals surface area contributed by atoms with Crippen molar-refractivity contribution in [3.63, 3.8) is 0 Å². The molecule has 20 heavy (non-hydrogen) atoms. The highest BCUT2D eigenvalue weighted by atomic mass is 79.9. The highest BCUT2D eigenvalue weighted by Gasteiger charge is 2.41. The van der Waals surface area contributed by atoms with Gasteiger partial charge in [0, 0.05) is 16.7 Å². The highest BCUT2D eigenvalue weighted by Crippen LogP contribution is 2.48. The highest BCUT2D eigenvalue weighted by molar-refractivity contribution is 9.10. The van der Waals surface area contributed by atoms with Crippen LogP contribution in [0.3, 0.4) is 0 Å². The van der Waals surface area contributed by atoms with E-state index in [-0.39, 0.29) is 4.90 Å². The number of rotatable bonds is 6. The Balaban J connectivity index is 1.69. The second kappa shape index (κ2) is 5.31. The normalized spacial score (nSPS) is 19.5. The number of nitrogens with one attached hydrogen (secondary N) is 1. The van der Waals surface area contributed by atoms with Crippen LogP contribution in [0.1, 0.15) is 25.7 Å². The summed E-state index contributed by atoms with van der Waals surface area (Å²) in [6.45, 7) is 0.569. The molecular weight excluding hydrogens is 340 g/mol. The van der Waals surface area contributed by atoms with E-state index in [1.54, 1.807) is 18.2 Å². The van der Waals surface area contributed by atoms with Gasteiger partial charge in [-0.05, 0) is 77.6 Å². The molecule has 0 saturated heterocycles. The molecule has 0 heterocycles. The molecule has 2 fully saturated rings. The van der Waals surface area contributed by atoms with Gasteiger partial charge in [0.05, 0.1) is 4.90 Å². The first kappa shape index (κ1) is 14.4. The zero-order chi connectivity index (χ0) is 14.3. The van der Waals surface area contributed by atoms with Crippen molar-refractivity contribution in [2.24, 2.45) is 17.8 Å². The monoisotopic (exact) mass is 358 g/mol. The number of nitrogen functional groups attached to an aromatic ring is 1. The maximum atomic E-state index is 12.3. The third-order valence-electron chi connectivity index (χ3n) is 4.25. The molecule has 4 nitrogen and oxygen atoms in total. The van der Waals surface area contributed by atoms with Gasteiger partial charge in [0.15, 0.2) is 0 Å². The molecule has 0 aromatic heterocycles. The second-order valence-corrected chi connectivity index (χ2v) is 8.50. The molecule has 0 radical (unpaired) electrons. The molecule has 2 aliphatic carbocycles. The smallest absolute Gasteiger partial charge is 0.240 e. The number of benzene rings is 1. The van der Waals surface area contributed by atoms with E-state index in [9.17, 15) is 8.42 Å². The quantitative estimate of drug-likeness (QED) is 0.767. The average molecular weight is 359 g/mol. The zero-order valence-electron chi connectivity index (χ0n) is 11.2. The van der Waals surface area contributed by atoms with Crippen molar-refractivity contribution < 1.29 is 8.42 Å². The summed E-state index contributed by atoms with van der Waals surface area (Å²) in [6, 6.07) is 4.71. The van der Waals surface area contributed by atoms with Crippen molar-refractivity contribution >= 4 is 31.6 Å². The van der Waals surface area contributed by atoms with Gasteiger partial charge < -0.3 is 5.73 Å². The third kappa shape index (κ3) is 3.18. The van der Waals surface area contributed by atoms with E-state index in [2.05, 4.69) is 20.7 Å². The van der Waals surface area contributed by atoms with Gasteiger partial charge in [-0.15, -0.1) is 0 Å². The molecule has 3 rings (SSSR count). The van der Waals surface area contributed by atoms with Crippen molar-refractivity contribution in [1.82, 2.24) is 4.72 Å². The number of nitrogens with two attached hydrogens (primary N) is 1. The Labute approximate surface area is 128 Å². The fraction of sp³-hybridized carbons (Fsp3) is 0.571. The van der Waals surface area contributed by atoms with E-state index in [4.69, 9.17) is 5.73 Å². The maximum Gasteiger partial charge on any atom is 0.240 e. The van der Waals surface area contributed by atoms with Crippen LogP contribution in [0.5, 0.6) is 0 Å². The molecule has 1 aromatic carbocycles. The minimum absolute atomic E-state index is 0.268. The summed E-state index contributed by atoms with van der Waals surface area (Å²) in [5, 5.41) is 0. The van der Waals surface area contributed by atoms with Gasteiger partial charge in [-0.1, -0.05) is 0 Å². The molecule has 110 valence electrons. The summed E-state index contributed by atoms with van der Waals surface area (Å²) in [5.74, 6) is 2.01. The molecule has 2 aliphatic rings. The van der Waals surface area contributed by atoms with Crippen molar-refractivity contribution in [3.8, 4) is 0 Å². The van der Waals surface area contributed by atoms with Gasteiger partial charge in [-0.3, -0.25) is 0 Å². The van der Waals surface area contributed by atoms with Gasteiger partial charge in [-0.25, -0.2) is 13.1 Å². The molecule has 6 heteroatoms. The van der Waals surface area contributed by atoms with Gasteiger partial charge in [0.25, 0.3) is 0 Å². The molecule has 0 atom stereocenters. The van der Waals surface area contributed by atoms with Gasteiger partial charge in [0.2, 0.25) is 10.0 Å². The first-order chi connectivity index (χ1) is 9.47. The number of halogens is 1. The predicted molar refractivity (Wildman–Crippen MR) is 82.7 cm³/mol. The van der Waals surface area contributed by atoms with E-state index in [0.717, 1.165) is 11.8 Å². The number of anilines is 1. The molecular formula is C14H19BrN2O2S. The topological polar surface area (TPSA) is 72.2 Å². The fourth-order valence-electron chi connectivity index (χ4n) is 2.73. The molecule has 3 N–H and O–H groups in total. The van der Waals surface area contributed by atoms with Gasteiger partial charge >= 0.3 is 0 Å². The lowest BCUT2D eigenvalue weighted by Crippen LogP contribution is -2.31. The first-order valence-corrected chi connectivity index (χ1v) is 9.29.